The van der Waals surface area contributed by atoms with Crippen LogP contribution in [0.25, 0.3) is 0 Å². The number of hydrogen-bond acceptors (Lipinski definition) is 6. The van der Waals surface area contributed by atoms with Crippen LogP contribution in [0.1, 0.15) is 33.1 Å². The van der Waals surface area contributed by atoms with Gasteiger partial charge in [0.25, 0.3) is 5.91 Å². The summed E-state index contributed by atoms with van der Waals surface area (Å²) in [5.74, 6) is 0.346. The van der Waals surface area contributed by atoms with Crippen LogP contribution in [0.15, 0.2) is 53.8 Å². The quantitative estimate of drug-likeness (QED) is 0.829. The van der Waals surface area contributed by atoms with Gasteiger partial charge in [-0.2, -0.15) is 0 Å². The number of halogens is 1. The van der Waals surface area contributed by atoms with Gasteiger partial charge in [0, 0.05) is 42.7 Å². The first kappa shape index (κ1) is 18.9. The molecule has 7 nitrogen and oxygen atoms in total. The van der Waals surface area contributed by atoms with Crippen LogP contribution in [0.5, 0.6) is 5.75 Å². The largest absolute Gasteiger partial charge is 0.467 e. The molecule has 8 heteroatoms. The van der Waals surface area contributed by atoms with Gasteiger partial charge >= 0.3 is 0 Å². The highest BCUT2D eigenvalue weighted by Crippen LogP contribution is 2.29. The molecule has 0 fully saturated rings. The highest BCUT2D eigenvalue weighted by atomic mass is 19.1. The minimum atomic E-state index is -0.396. The highest BCUT2D eigenvalue weighted by molar-refractivity contribution is 5.95. The second-order valence-electron chi connectivity index (χ2n) is 6.89. The molecule has 2 aromatic carbocycles. The number of amides is 1. The van der Waals surface area contributed by atoms with E-state index in [1.54, 1.807) is 24.4 Å². The molecule has 150 valence electrons. The number of aliphatic imine (C=N–C) groups is 1. The van der Waals surface area contributed by atoms with Crippen molar-refractivity contribution in [3.63, 3.8) is 0 Å². The molecule has 0 radical (unpaired) electrons. The SMILES string of the molecule is CN1C=CN=C(N)C1c1cccc(C(=O)NCc2cc(F)cc3c2OCOC3)c1. The van der Waals surface area contributed by atoms with Gasteiger partial charge in [-0.3, -0.25) is 4.79 Å². The first-order valence-corrected chi connectivity index (χ1v) is 9.14. The van der Waals surface area contributed by atoms with Crippen LogP contribution in [0, 0.1) is 5.82 Å². The van der Waals surface area contributed by atoms with Gasteiger partial charge in [-0.15, -0.1) is 0 Å². The maximum absolute atomic E-state index is 13.9. The molecule has 0 aliphatic carbocycles. The third-order valence-electron chi connectivity index (χ3n) is 4.87. The number of nitrogens with two attached hydrogens (primary N) is 1. The predicted molar refractivity (Wildman–Crippen MR) is 106 cm³/mol. The summed E-state index contributed by atoms with van der Waals surface area (Å²) in [5, 5.41) is 2.83. The van der Waals surface area contributed by atoms with Gasteiger partial charge < -0.3 is 25.4 Å². The van der Waals surface area contributed by atoms with Crippen molar-refractivity contribution in [3.05, 3.63) is 76.9 Å². The van der Waals surface area contributed by atoms with E-state index in [4.69, 9.17) is 15.2 Å². The molecule has 0 saturated carbocycles. The Morgan fingerprint density at radius 1 is 1.38 bits per heavy atom. The summed E-state index contributed by atoms with van der Waals surface area (Å²) in [7, 11) is 1.90. The average molecular weight is 396 g/mol. The van der Waals surface area contributed by atoms with Crippen LogP contribution in [0.4, 0.5) is 4.39 Å². The standard InChI is InChI=1S/C21H21FN4O3/c1-26-6-5-24-20(23)18(26)13-3-2-4-14(7-13)21(27)25-10-15-8-17(22)9-16-11-28-12-29-19(15)16/h2-9,18H,10-12H2,1H3,(H2,23,24)(H,25,27). The van der Waals surface area contributed by atoms with Crippen LogP contribution in [0.3, 0.4) is 0 Å². The molecule has 2 aliphatic heterocycles. The van der Waals surface area contributed by atoms with E-state index in [1.165, 1.54) is 12.1 Å². The molecule has 2 aromatic rings. The third-order valence-corrected chi connectivity index (χ3v) is 4.87. The number of ether oxygens (including phenoxy) is 2. The van der Waals surface area contributed by atoms with Gasteiger partial charge in [0.1, 0.15) is 23.4 Å². The summed E-state index contributed by atoms with van der Waals surface area (Å²) in [5.41, 5.74) is 8.57. The second-order valence-corrected chi connectivity index (χ2v) is 6.89. The highest BCUT2D eigenvalue weighted by Gasteiger charge is 2.22. The number of carbonyl (C=O) groups excluding carboxylic acids is 1. The first-order chi connectivity index (χ1) is 14.0. The van der Waals surface area contributed by atoms with Gasteiger partial charge in [-0.1, -0.05) is 12.1 Å². The van der Waals surface area contributed by atoms with Crippen molar-refractivity contribution < 1.29 is 18.7 Å². The number of hydrogen-bond donors (Lipinski definition) is 2. The molecular formula is C21H21FN4O3. The molecule has 0 spiro atoms. The van der Waals surface area contributed by atoms with Gasteiger partial charge in [0.05, 0.1) is 6.61 Å². The summed E-state index contributed by atoms with van der Waals surface area (Å²) < 4.78 is 24.6. The second kappa shape index (κ2) is 7.92. The Labute approximate surface area is 167 Å². The van der Waals surface area contributed by atoms with E-state index >= 15 is 0 Å². The van der Waals surface area contributed by atoms with Crippen molar-refractivity contribution in [2.45, 2.75) is 19.2 Å². The smallest absolute Gasteiger partial charge is 0.251 e. The molecule has 1 atom stereocenters. The van der Waals surface area contributed by atoms with Gasteiger partial charge in [-0.25, -0.2) is 9.38 Å². The van der Waals surface area contributed by atoms with Gasteiger partial charge in [0.2, 0.25) is 0 Å². The molecule has 29 heavy (non-hydrogen) atoms. The lowest BCUT2D eigenvalue weighted by Gasteiger charge is -2.29. The number of carbonyl (C=O) groups is 1. The molecule has 4 rings (SSSR count). The summed E-state index contributed by atoms with van der Waals surface area (Å²) in [6, 6.07) is 9.70. The lowest BCUT2D eigenvalue weighted by molar-refractivity contribution is -0.0173. The summed E-state index contributed by atoms with van der Waals surface area (Å²) >= 11 is 0. The molecule has 1 amide bonds. The van der Waals surface area contributed by atoms with E-state index in [1.807, 2.05) is 24.2 Å². The Morgan fingerprint density at radius 3 is 3.07 bits per heavy atom. The van der Waals surface area contributed by atoms with Crippen LogP contribution in [-0.2, 0) is 17.9 Å². The molecule has 0 saturated heterocycles. The molecule has 3 N–H and O–H groups in total. The Hall–Kier alpha value is -3.39. The van der Waals surface area contributed by atoms with Crippen LogP contribution < -0.4 is 15.8 Å². The van der Waals surface area contributed by atoms with Crippen molar-refractivity contribution in [3.8, 4) is 5.75 Å². The average Bonchev–Trinajstić information content (AvgIpc) is 2.72. The van der Waals surface area contributed by atoms with Crippen molar-refractivity contribution in [1.82, 2.24) is 10.2 Å². The Bertz CT molecular complexity index is 1010. The van der Waals surface area contributed by atoms with Crippen molar-refractivity contribution in [1.29, 1.82) is 0 Å². The Balaban J connectivity index is 1.51. The number of amidine groups is 1. The normalized spacial score (nSPS) is 17.9. The van der Waals surface area contributed by atoms with Crippen molar-refractivity contribution in [2.24, 2.45) is 10.7 Å². The van der Waals surface area contributed by atoms with Crippen LogP contribution in [0.2, 0.25) is 0 Å². The summed E-state index contributed by atoms with van der Waals surface area (Å²) in [6.45, 7) is 0.523. The van der Waals surface area contributed by atoms with Crippen LogP contribution >= 0.6 is 0 Å². The summed E-state index contributed by atoms with van der Waals surface area (Å²) in [4.78, 5) is 18.8. The lowest BCUT2D eigenvalue weighted by Crippen LogP contribution is -2.34. The minimum Gasteiger partial charge on any atom is -0.467 e. The zero-order valence-corrected chi connectivity index (χ0v) is 15.9. The van der Waals surface area contributed by atoms with Crippen molar-refractivity contribution in [2.75, 3.05) is 13.8 Å². The van der Waals surface area contributed by atoms with E-state index in [-0.39, 0.29) is 31.9 Å². The van der Waals surface area contributed by atoms with Crippen LogP contribution in [-0.4, -0.2) is 30.5 Å². The molecule has 2 aliphatic rings. The monoisotopic (exact) mass is 396 g/mol. The predicted octanol–water partition coefficient (Wildman–Crippen LogP) is 2.44. The first-order valence-electron chi connectivity index (χ1n) is 9.14. The number of benzene rings is 2. The summed E-state index contributed by atoms with van der Waals surface area (Å²) in [6.07, 6.45) is 3.46. The number of fused-ring (bicyclic) bond motifs is 1. The van der Waals surface area contributed by atoms with Gasteiger partial charge in [0.15, 0.2) is 6.79 Å². The topological polar surface area (TPSA) is 89.2 Å². The van der Waals surface area contributed by atoms with E-state index < -0.39 is 5.82 Å². The Morgan fingerprint density at radius 2 is 2.24 bits per heavy atom. The fraction of sp³-hybridized carbons (Fsp3) is 0.238. The fourth-order valence-corrected chi connectivity index (χ4v) is 3.51. The third kappa shape index (κ3) is 3.93. The van der Waals surface area contributed by atoms with Gasteiger partial charge in [-0.05, 0) is 29.8 Å². The minimum absolute atomic E-state index is 0.105. The fourth-order valence-electron chi connectivity index (χ4n) is 3.51. The number of nitrogens with zero attached hydrogens (tertiary/aromatic N) is 2. The Kier molecular flexibility index (Phi) is 5.18. The molecule has 0 bridgehead atoms. The maximum Gasteiger partial charge on any atom is 0.251 e. The number of rotatable bonds is 4. The molecule has 1 unspecified atom stereocenters. The maximum atomic E-state index is 13.9. The molecule has 2 heterocycles. The van der Waals surface area contributed by atoms with E-state index in [9.17, 15) is 9.18 Å². The van der Waals surface area contributed by atoms with Crippen molar-refractivity contribution >= 4 is 11.7 Å². The molecular weight excluding hydrogens is 375 g/mol. The zero-order chi connectivity index (χ0) is 20.4. The number of likely N-dealkylation sites (N-methyl/N-ethyl adjacent to an activating group) is 1. The van der Waals surface area contributed by atoms with E-state index in [2.05, 4.69) is 10.3 Å². The number of nitrogens with one attached hydrogen (secondary N) is 1. The van der Waals surface area contributed by atoms with E-state index in [0.29, 0.717) is 28.3 Å². The lowest BCUT2D eigenvalue weighted by atomic mass is 10.0. The zero-order valence-electron chi connectivity index (χ0n) is 15.9. The van der Waals surface area contributed by atoms with E-state index in [0.717, 1.165) is 5.56 Å². The molecule has 0 aromatic heterocycles.